The summed E-state index contributed by atoms with van der Waals surface area (Å²) in [5, 5.41) is 11.4. The zero-order valence-electron chi connectivity index (χ0n) is 18.6. The van der Waals surface area contributed by atoms with Crippen LogP contribution in [0.3, 0.4) is 0 Å². The third-order valence-electron chi connectivity index (χ3n) is 9.57. The van der Waals surface area contributed by atoms with Gasteiger partial charge in [0.15, 0.2) is 0 Å². The van der Waals surface area contributed by atoms with E-state index >= 15 is 0 Å². The van der Waals surface area contributed by atoms with E-state index in [-0.39, 0.29) is 40.7 Å². The molecule has 0 aromatic heterocycles. The minimum absolute atomic E-state index is 0.0454. The molecule has 0 aromatic carbocycles. The molecule has 5 heteroatoms. The Morgan fingerprint density at radius 1 is 0.931 bits per heavy atom. The van der Waals surface area contributed by atoms with Gasteiger partial charge in [-0.15, -0.1) is 0 Å². The molecule has 0 aliphatic heterocycles. The Kier molecular flexibility index (Phi) is 5.08. The van der Waals surface area contributed by atoms with Crippen LogP contribution in [0.1, 0.15) is 85.5 Å². The molecule has 4 saturated carbocycles. The first-order valence-corrected chi connectivity index (χ1v) is 11.5. The van der Waals surface area contributed by atoms with Crippen LogP contribution in [-0.4, -0.2) is 35.9 Å². The molecule has 164 valence electrons. The summed E-state index contributed by atoms with van der Waals surface area (Å²) < 4.78 is 10.8. The average Bonchev–Trinajstić information content (AvgIpc) is 2.84. The molecule has 0 amide bonds. The lowest BCUT2D eigenvalue weighted by Gasteiger charge is -2.64. The second-order valence-electron chi connectivity index (χ2n) is 11.3. The number of hydrogen-bond acceptors (Lipinski definition) is 5. The minimum Gasteiger partial charge on any atom is -0.465 e. The highest BCUT2D eigenvalue weighted by atomic mass is 16.5. The first-order chi connectivity index (χ1) is 13.5. The van der Waals surface area contributed by atoms with Gasteiger partial charge in [0.1, 0.15) is 12.2 Å². The number of carbonyl (C=O) groups excluding carboxylic acids is 2. The van der Waals surface area contributed by atoms with Gasteiger partial charge >= 0.3 is 11.9 Å². The molecule has 7 unspecified atom stereocenters. The van der Waals surface area contributed by atoms with Gasteiger partial charge in [0.05, 0.1) is 6.61 Å². The Morgan fingerprint density at radius 3 is 2.31 bits per heavy atom. The van der Waals surface area contributed by atoms with E-state index in [1.807, 2.05) is 0 Å². The van der Waals surface area contributed by atoms with Crippen LogP contribution in [0.15, 0.2) is 0 Å². The molecular formula is C24H38O5. The average molecular weight is 407 g/mol. The molecule has 0 heterocycles. The van der Waals surface area contributed by atoms with E-state index in [1.54, 1.807) is 0 Å². The van der Waals surface area contributed by atoms with Crippen molar-refractivity contribution in [2.24, 2.45) is 34.0 Å². The molecule has 4 aliphatic rings. The molecule has 0 saturated heterocycles. The summed E-state index contributed by atoms with van der Waals surface area (Å²) >= 11 is 0. The van der Waals surface area contributed by atoms with E-state index in [0.29, 0.717) is 18.4 Å². The van der Waals surface area contributed by atoms with Crippen molar-refractivity contribution in [2.45, 2.75) is 91.1 Å². The monoisotopic (exact) mass is 406 g/mol. The largest absolute Gasteiger partial charge is 0.465 e. The number of fused-ring (bicyclic) bond motifs is 3. The van der Waals surface area contributed by atoms with E-state index in [2.05, 4.69) is 13.8 Å². The maximum absolute atomic E-state index is 11.5. The van der Waals surface area contributed by atoms with Gasteiger partial charge in [-0.05, 0) is 80.0 Å². The van der Waals surface area contributed by atoms with Crippen molar-refractivity contribution in [3.63, 3.8) is 0 Å². The second-order valence-corrected chi connectivity index (χ2v) is 11.3. The first-order valence-electron chi connectivity index (χ1n) is 11.5. The summed E-state index contributed by atoms with van der Waals surface area (Å²) in [6, 6.07) is 0. The topological polar surface area (TPSA) is 72.8 Å². The normalized spacial score (nSPS) is 48.4. The summed E-state index contributed by atoms with van der Waals surface area (Å²) in [7, 11) is 0. The van der Waals surface area contributed by atoms with Crippen LogP contribution < -0.4 is 0 Å². The van der Waals surface area contributed by atoms with E-state index in [9.17, 15) is 14.7 Å². The number of hydrogen-bond donors (Lipinski definition) is 1. The maximum Gasteiger partial charge on any atom is 0.302 e. The van der Waals surface area contributed by atoms with Crippen molar-refractivity contribution >= 4 is 11.9 Å². The molecular weight excluding hydrogens is 368 g/mol. The van der Waals surface area contributed by atoms with Gasteiger partial charge in [0.25, 0.3) is 0 Å². The third-order valence-corrected chi connectivity index (χ3v) is 9.57. The summed E-state index contributed by atoms with van der Waals surface area (Å²) in [6.07, 6.45) is 9.82. The molecule has 2 bridgehead atoms. The zero-order chi connectivity index (χ0) is 21.1. The van der Waals surface area contributed by atoms with E-state index in [0.717, 1.165) is 44.9 Å². The van der Waals surface area contributed by atoms with Gasteiger partial charge in [-0.3, -0.25) is 9.59 Å². The number of esters is 2. The van der Waals surface area contributed by atoms with Gasteiger partial charge in [-0.25, -0.2) is 0 Å². The minimum atomic E-state index is -0.862. The van der Waals surface area contributed by atoms with Crippen LogP contribution in [0, 0.1) is 34.0 Å². The zero-order valence-corrected chi connectivity index (χ0v) is 18.6. The van der Waals surface area contributed by atoms with Crippen LogP contribution >= 0.6 is 0 Å². The van der Waals surface area contributed by atoms with Crippen LogP contribution in [0.5, 0.6) is 0 Å². The lowest BCUT2D eigenvalue weighted by atomic mass is 9.41. The van der Waals surface area contributed by atoms with E-state index < -0.39 is 5.60 Å². The third kappa shape index (κ3) is 3.32. The summed E-state index contributed by atoms with van der Waals surface area (Å²) in [5.41, 5.74) is -0.422. The molecule has 4 rings (SSSR count). The Morgan fingerprint density at radius 2 is 1.62 bits per heavy atom. The van der Waals surface area contributed by atoms with Gasteiger partial charge in [-0.1, -0.05) is 20.3 Å². The molecule has 4 aliphatic carbocycles. The molecule has 0 aromatic rings. The molecule has 5 nitrogen and oxygen atoms in total. The molecule has 7 atom stereocenters. The van der Waals surface area contributed by atoms with Crippen molar-refractivity contribution in [1.29, 1.82) is 0 Å². The maximum atomic E-state index is 11.5. The number of ether oxygens (including phenoxy) is 2. The fourth-order valence-corrected chi connectivity index (χ4v) is 8.59. The van der Waals surface area contributed by atoms with Crippen molar-refractivity contribution in [2.75, 3.05) is 13.2 Å². The van der Waals surface area contributed by atoms with E-state index in [4.69, 9.17) is 9.47 Å². The van der Waals surface area contributed by atoms with Gasteiger partial charge in [0.2, 0.25) is 0 Å². The van der Waals surface area contributed by atoms with Crippen molar-refractivity contribution in [1.82, 2.24) is 0 Å². The number of rotatable bonds is 4. The molecule has 1 spiro atoms. The molecule has 0 radical (unpaired) electrons. The van der Waals surface area contributed by atoms with Crippen molar-refractivity contribution in [3.8, 4) is 0 Å². The highest BCUT2D eigenvalue weighted by Crippen LogP contribution is 2.72. The van der Waals surface area contributed by atoms with Crippen LogP contribution in [-0.2, 0) is 19.1 Å². The predicted molar refractivity (Wildman–Crippen MR) is 109 cm³/mol. The standard InChI is InChI=1S/C24H38O5/c1-16(25)28-14-21(3)9-5-10-22(4)19(21)8-11-23-12-18(6-7-20(22)23)24(27,13-23)15-29-17(2)26/h18-20,27H,5-15H2,1-4H3. The number of aliphatic hydroxyl groups is 1. The van der Waals surface area contributed by atoms with Gasteiger partial charge in [-0.2, -0.15) is 0 Å². The van der Waals surface area contributed by atoms with Gasteiger partial charge in [0, 0.05) is 19.3 Å². The highest BCUT2D eigenvalue weighted by molar-refractivity contribution is 5.66. The smallest absolute Gasteiger partial charge is 0.302 e. The van der Waals surface area contributed by atoms with Gasteiger partial charge < -0.3 is 14.6 Å². The summed E-state index contributed by atoms with van der Waals surface area (Å²) in [6.45, 7) is 8.41. The highest BCUT2D eigenvalue weighted by Gasteiger charge is 2.67. The first kappa shape index (κ1) is 21.1. The van der Waals surface area contributed by atoms with Crippen molar-refractivity contribution < 1.29 is 24.2 Å². The fraction of sp³-hybridized carbons (Fsp3) is 0.917. The fourth-order valence-electron chi connectivity index (χ4n) is 8.59. The summed E-state index contributed by atoms with van der Waals surface area (Å²) in [4.78, 5) is 22.9. The molecule has 1 N–H and O–H groups in total. The second kappa shape index (κ2) is 6.96. The summed E-state index contributed by atoms with van der Waals surface area (Å²) in [5.74, 6) is 0.899. The lowest BCUT2D eigenvalue weighted by Crippen LogP contribution is -2.57. The lowest BCUT2D eigenvalue weighted by molar-refractivity contribution is -0.173. The van der Waals surface area contributed by atoms with E-state index in [1.165, 1.54) is 26.7 Å². The quantitative estimate of drug-likeness (QED) is 0.707. The molecule has 29 heavy (non-hydrogen) atoms. The Hall–Kier alpha value is -1.10. The molecule has 4 fully saturated rings. The SMILES string of the molecule is CC(=O)OCC1(C)CCCC2(C)C1CCC13CC(CCC12)C(O)(COC(C)=O)C3. The van der Waals surface area contributed by atoms with Crippen LogP contribution in [0.2, 0.25) is 0 Å². The number of carbonyl (C=O) groups is 2. The Balaban J connectivity index is 1.59. The Bertz CT molecular complexity index is 691. The van der Waals surface area contributed by atoms with Crippen LogP contribution in [0.4, 0.5) is 0 Å². The Labute approximate surface area is 174 Å². The predicted octanol–water partition coefficient (Wildman–Crippen LogP) is 4.26. The van der Waals surface area contributed by atoms with Crippen LogP contribution in [0.25, 0.3) is 0 Å². The van der Waals surface area contributed by atoms with Crippen molar-refractivity contribution in [3.05, 3.63) is 0 Å².